The predicted molar refractivity (Wildman–Crippen MR) is 110 cm³/mol. The van der Waals surface area contributed by atoms with Crippen molar-refractivity contribution in [1.82, 2.24) is 5.32 Å². The molecule has 2 aromatic rings. The van der Waals surface area contributed by atoms with Crippen LogP contribution in [0.5, 0.6) is 0 Å². The maximum atomic E-state index is 15.7. The Labute approximate surface area is 176 Å². The Hall–Kier alpha value is -2.44. The lowest BCUT2D eigenvalue weighted by molar-refractivity contribution is -0.118. The van der Waals surface area contributed by atoms with Crippen molar-refractivity contribution in [3.05, 3.63) is 63.4 Å². The van der Waals surface area contributed by atoms with Crippen LogP contribution >= 0.6 is 11.6 Å². The van der Waals surface area contributed by atoms with Crippen molar-refractivity contribution in [2.75, 3.05) is 5.73 Å². The molecule has 5 N–H and O–H groups in total. The molecule has 0 aromatic heterocycles. The molecule has 0 radical (unpaired) electrons. The van der Waals surface area contributed by atoms with Crippen LogP contribution in [0.2, 0.25) is 5.02 Å². The van der Waals surface area contributed by atoms with Gasteiger partial charge in [-0.15, -0.1) is 0 Å². The van der Waals surface area contributed by atoms with Crippen molar-refractivity contribution in [1.29, 1.82) is 0 Å². The van der Waals surface area contributed by atoms with E-state index in [0.717, 1.165) is 6.07 Å². The number of anilines is 1. The Morgan fingerprint density at radius 3 is 2.68 bits per heavy atom. The summed E-state index contributed by atoms with van der Waals surface area (Å²) in [4.78, 5) is 24.4. The van der Waals surface area contributed by atoms with Gasteiger partial charge in [-0.25, -0.2) is 4.39 Å². The molecule has 7 heteroatoms. The van der Waals surface area contributed by atoms with E-state index in [1.807, 2.05) is 0 Å². The molecule has 0 bridgehead atoms. The van der Waals surface area contributed by atoms with Crippen molar-refractivity contribution in [2.24, 2.45) is 5.73 Å². The van der Waals surface area contributed by atoms with Gasteiger partial charge in [-0.1, -0.05) is 24.5 Å². The van der Waals surface area contributed by atoms with E-state index in [1.165, 1.54) is 31.2 Å². The minimum atomic E-state index is -3.17. The molecule has 0 heterocycles. The second-order valence-corrected chi connectivity index (χ2v) is 6.95. The molecule has 0 aliphatic rings. The molecule has 2 rings (SSSR count). The van der Waals surface area contributed by atoms with Gasteiger partial charge in [0.05, 0.1) is 10.6 Å². The van der Waals surface area contributed by atoms with Crippen LogP contribution in [0.4, 0.5) is 10.1 Å². The monoisotopic (exact) mass is 410 g/mol. The summed E-state index contributed by atoms with van der Waals surface area (Å²) in [5, 5.41) is 2.42. The third-order valence-corrected chi connectivity index (χ3v) is 4.61. The number of ketones is 1. The Morgan fingerprint density at radius 2 is 2.07 bits per heavy atom. The highest BCUT2D eigenvalue weighted by Crippen LogP contribution is 2.30. The second-order valence-electron chi connectivity index (χ2n) is 6.54. The minimum Gasteiger partial charge on any atom is -0.399 e. The number of benzene rings is 2. The van der Waals surface area contributed by atoms with E-state index in [9.17, 15) is 9.59 Å². The molecule has 1 amide bonds. The van der Waals surface area contributed by atoms with E-state index < -0.39 is 53.9 Å². The van der Waals surface area contributed by atoms with E-state index in [2.05, 4.69) is 5.32 Å². The predicted octanol–water partition coefficient (Wildman–Crippen LogP) is 3.91. The van der Waals surface area contributed by atoms with Crippen molar-refractivity contribution in [2.45, 2.75) is 45.6 Å². The van der Waals surface area contributed by atoms with Crippen molar-refractivity contribution >= 4 is 29.0 Å². The van der Waals surface area contributed by atoms with Gasteiger partial charge < -0.3 is 16.8 Å². The number of halogens is 2. The van der Waals surface area contributed by atoms with Gasteiger partial charge >= 0.3 is 0 Å². The molecule has 0 aliphatic carbocycles. The molecular formula is C21H25ClFN3O2. The highest BCUT2D eigenvalue weighted by Gasteiger charge is 2.25. The number of aryl methyl sites for hydroxylation is 1. The van der Waals surface area contributed by atoms with Crippen molar-refractivity contribution < 1.29 is 20.8 Å². The van der Waals surface area contributed by atoms with E-state index >= 15 is 4.39 Å². The fraction of sp³-hybridized carbons (Fsp3) is 0.333. The molecule has 0 saturated heterocycles. The fourth-order valence-electron chi connectivity index (χ4n) is 2.82. The van der Waals surface area contributed by atoms with Crippen LogP contribution in [-0.2, 0) is 4.79 Å². The summed E-state index contributed by atoms with van der Waals surface area (Å²) in [5.41, 5.74) is 11.1. The number of rotatable bonds is 8. The zero-order valence-electron chi connectivity index (χ0n) is 20.5. The number of carbonyl (C=O) groups excluding carboxylic acids is 2. The molecule has 2 aromatic carbocycles. The number of hydrogen-bond acceptors (Lipinski definition) is 4. The van der Waals surface area contributed by atoms with Crippen molar-refractivity contribution in [3.8, 4) is 0 Å². The van der Waals surface area contributed by atoms with E-state index in [-0.39, 0.29) is 17.0 Å². The molecule has 0 saturated carbocycles. The Bertz CT molecular complexity index is 1080. The number of hydrogen-bond donors (Lipinski definition) is 3. The summed E-state index contributed by atoms with van der Waals surface area (Å²) in [6.07, 6.45) is -3.23. The summed E-state index contributed by atoms with van der Waals surface area (Å²) in [6, 6.07) is 4.12. The Balaban J connectivity index is 2.66. The van der Waals surface area contributed by atoms with Gasteiger partial charge in [0.15, 0.2) is 5.78 Å². The van der Waals surface area contributed by atoms with Crippen LogP contribution in [0.1, 0.15) is 66.5 Å². The molecule has 5 nitrogen and oxygen atoms in total. The maximum absolute atomic E-state index is 15.7. The molecule has 0 fully saturated rings. The highest BCUT2D eigenvalue weighted by atomic mass is 35.5. The van der Waals surface area contributed by atoms with Gasteiger partial charge in [-0.05, 0) is 50.0 Å². The van der Waals surface area contributed by atoms with E-state index in [4.69, 9.17) is 29.9 Å². The average Bonchev–Trinajstić information content (AvgIpc) is 2.67. The number of carbonyl (C=O) groups is 2. The molecule has 2 atom stereocenters. The number of nitrogens with two attached hydrogens (primary N) is 2. The first-order chi connectivity index (χ1) is 15.1. The maximum Gasteiger partial charge on any atom is 0.218 e. The van der Waals surface area contributed by atoms with Gasteiger partial charge in [-0.2, -0.15) is 0 Å². The van der Waals surface area contributed by atoms with Crippen LogP contribution in [0.3, 0.4) is 0 Å². The van der Waals surface area contributed by atoms with Gasteiger partial charge in [0, 0.05) is 42.2 Å². The van der Waals surface area contributed by atoms with Crippen LogP contribution in [0.15, 0.2) is 30.3 Å². The lowest BCUT2D eigenvalue weighted by Crippen LogP contribution is -2.34. The first kappa shape index (κ1) is 15.5. The number of nitrogen functional groups attached to an aromatic ring is 1. The van der Waals surface area contributed by atoms with E-state index in [0.29, 0.717) is 11.3 Å². The topological polar surface area (TPSA) is 98.2 Å². The number of amides is 1. The van der Waals surface area contributed by atoms with Crippen LogP contribution in [0.25, 0.3) is 0 Å². The summed E-state index contributed by atoms with van der Waals surface area (Å²) in [7, 11) is 0. The summed E-state index contributed by atoms with van der Waals surface area (Å²) in [6.45, 7) is -0.0166. The Morgan fingerprint density at radius 1 is 1.36 bits per heavy atom. The Kier molecular flexibility index (Phi) is 5.07. The summed E-state index contributed by atoms with van der Waals surface area (Å²) in [5.74, 6) is -2.66. The van der Waals surface area contributed by atoms with Crippen molar-refractivity contribution in [3.63, 3.8) is 0 Å². The second kappa shape index (κ2) is 9.17. The lowest BCUT2D eigenvalue weighted by Gasteiger charge is -2.23. The van der Waals surface area contributed by atoms with Gasteiger partial charge in [0.25, 0.3) is 0 Å². The largest absolute Gasteiger partial charge is 0.399 e. The quantitative estimate of drug-likeness (QED) is 0.454. The normalized spacial score (nSPS) is 16.8. The SMILES string of the molecule is [2H]C([2H])([2H])C([2H])([2H])[C@@H](N[C@@H](C)CC(N)=O)c1ccc(Cl)c(C(=O)c2ccc(N)c(C)c2)c1F. The molecule has 0 aliphatic heterocycles. The van der Waals surface area contributed by atoms with E-state index in [1.54, 1.807) is 6.92 Å². The highest BCUT2D eigenvalue weighted by molar-refractivity contribution is 6.35. The van der Waals surface area contributed by atoms with Crippen LogP contribution in [-0.4, -0.2) is 17.7 Å². The lowest BCUT2D eigenvalue weighted by atomic mass is 9.95. The molecule has 0 unspecified atom stereocenters. The van der Waals surface area contributed by atoms with Gasteiger partial charge in [0.2, 0.25) is 5.91 Å². The van der Waals surface area contributed by atoms with Gasteiger partial charge in [-0.3, -0.25) is 9.59 Å². The zero-order chi connectivity index (χ0) is 25.3. The average molecular weight is 411 g/mol. The molecule has 150 valence electrons. The first-order valence-electron chi connectivity index (χ1n) is 11.0. The summed E-state index contributed by atoms with van der Waals surface area (Å²) < 4.78 is 55.0. The smallest absolute Gasteiger partial charge is 0.218 e. The molecule has 28 heavy (non-hydrogen) atoms. The summed E-state index contributed by atoms with van der Waals surface area (Å²) >= 11 is 6.13. The molecule has 0 spiro atoms. The number of primary amides is 1. The minimum absolute atomic E-state index is 0.102. The van der Waals surface area contributed by atoms with Crippen LogP contribution < -0.4 is 16.8 Å². The third kappa shape index (κ3) is 4.88. The molecular weight excluding hydrogens is 381 g/mol. The van der Waals surface area contributed by atoms with Gasteiger partial charge in [0.1, 0.15) is 5.82 Å². The standard InChI is InChI=1S/C21H25ClFN3O2/c1-4-17(26-12(3)10-18(25)27)14-6-7-15(22)19(20(14)23)21(28)13-5-8-16(24)11(2)9-13/h5-9,12,17,26H,4,10,24H2,1-3H3,(H2,25,27)/t12-,17+/m0/s1/i1D3,4D2. The van der Waals surface area contributed by atoms with Crippen LogP contribution in [0, 0.1) is 12.7 Å². The fourth-order valence-corrected chi connectivity index (χ4v) is 3.05. The third-order valence-electron chi connectivity index (χ3n) is 4.29. The number of nitrogens with one attached hydrogen (secondary N) is 1. The first-order valence-corrected chi connectivity index (χ1v) is 8.88. The zero-order valence-corrected chi connectivity index (χ0v) is 16.2.